The molecule has 1 saturated carbocycles. The highest BCUT2D eigenvalue weighted by atomic mass is 16.6. The van der Waals surface area contributed by atoms with Gasteiger partial charge < -0.3 is 69.5 Å². The van der Waals surface area contributed by atoms with E-state index in [0.717, 1.165) is 24.0 Å². The summed E-state index contributed by atoms with van der Waals surface area (Å²) in [6, 6.07) is 12.5. The fourth-order valence-corrected chi connectivity index (χ4v) is 13.0. The Bertz CT molecular complexity index is 2720. The van der Waals surface area contributed by atoms with Crippen LogP contribution >= 0.6 is 0 Å². The van der Waals surface area contributed by atoms with Gasteiger partial charge in [0.2, 0.25) is 41.4 Å². The van der Waals surface area contributed by atoms with Gasteiger partial charge in [-0.3, -0.25) is 48.1 Å². The minimum atomic E-state index is -1.000. The largest absolute Gasteiger partial charge is 0.394 e. The molecule has 2 saturated heterocycles. The van der Waals surface area contributed by atoms with Gasteiger partial charge in [-0.25, -0.2) is 0 Å². The van der Waals surface area contributed by atoms with E-state index in [-0.39, 0.29) is 117 Å². The summed E-state index contributed by atoms with van der Waals surface area (Å²) >= 11 is 0. The first kappa shape index (κ1) is 74.4. The number of piperidine rings is 1. The molecule has 92 heavy (non-hydrogen) atoms. The summed E-state index contributed by atoms with van der Waals surface area (Å²) in [5.74, 6) is -4.11. The van der Waals surface area contributed by atoms with Gasteiger partial charge in [-0.05, 0) is 86.0 Å². The lowest BCUT2D eigenvalue weighted by Gasteiger charge is -2.41. The van der Waals surface area contributed by atoms with Crippen LogP contribution < -0.4 is 21.3 Å². The number of anilines is 1. The number of imide groups is 1. The van der Waals surface area contributed by atoms with Crippen LogP contribution in [0.25, 0.3) is 0 Å². The van der Waals surface area contributed by atoms with E-state index in [2.05, 4.69) is 21.3 Å². The predicted molar refractivity (Wildman–Crippen MR) is 343 cm³/mol. The standard InChI is InChI=1S/C68H102N8O16/c1-9-46(4)62(73(6)68(86)61(45(2)3)72-67(85)63-50-23-26-52(42-50)76(63)59(81)29-33-89-35-37-91-39-40-92-38-36-90-34-32-77)55(87-7)43-60(82)74-31-16-19-54(74)64(88-8)47(5)65(83)71-53(41-48-17-12-10-13-18-48)66(84)70-51-24-21-49(22-25-51)44-69-56(78)20-14-11-15-30-75-57(79)27-28-58(75)80/h10,12-13,17-18,21-22,24-25,27-28,45-47,50,52-55,61-64,77H,9,11,14-16,19-20,23,26,29-44H2,1-8H3,(H,69,78)(H,70,84)(H,71,83)(H,72,85)/t46-,47+,50?,52-,53-,54-,55+,61-,62-,63-,64+/m0/s1. The van der Waals surface area contributed by atoms with Crippen LogP contribution in [0.3, 0.4) is 0 Å². The number of fused-ring (bicyclic) bond motifs is 2. The molecule has 2 aromatic carbocycles. The van der Waals surface area contributed by atoms with Gasteiger partial charge in [0.15, 0.2) is 0 Å². The van der Waals surface area contributed by atoms with Crippen LogP contribution in [-0.2, 0) is 84.5 Å². The van der Waals surface area contributed by atoms with Crippen LogP contribution in [0.1, 0.15) is 123 Å². The van der Waals surface area contributed by atoms with Crippen LogP contribution in [0.4, 0.5) is 5.69 Å². The summed E-state index contributed by atoms with van der Waals surface area (Å²) in [6.07, 6.45) is 7.53. The second-order valence-electron chi connectivity index (χ2n) is 24.9. The summed E-state index contributed by atoms with van der Waals surface area (Å²) in [6.45, 7) is 13.0. The normalized spacial score (nSPS) is 20.0. The number of carbonyl (C=O) groups excluding carboxylic acids is 9. The van der Waals surface area contributed by atoms with E-state index in [1.807, 2.05) is 58.0 Å². The lowest BCUT2D eigenvalue weighted by atomic mass is 9.89. The van der Waals surface area contributed by atoms with Crippen LogP contribution in [0.2, 0.25) is 0 Å². The molecule has 11 atom stereocenters. The Kier molecular flexibility index (Phi) is 31.1. The van der Waals surface area contributed by atoms with Crippen LogP contribution in [-0.4, -0.2) is 220 Å². The molecule has 3 fully saturated rings. The highest BCUT2D eigenvalue weighted by molar-refractivity contribution is 6.12. The summed E-state index contributed by atoms with van der Waals surface area (Å²) < 4.78 is 34.1. The molecule has 0 radical (unpaired) electrons. The number of ether oxygens (including phenoxy) is 6. The number of hydrogen-bond donors (Lipinski definition) is 5. The second-order valence-corrected chi connectivity index (χ2v) is 24.9. The summed E-state index contributed by atoms with van der Waals surface area (Å²) in [7, 11) is 4.72. The molecule has 0 spiro atoms. The van der Waals surface area contributed by atoms with Gasteiger partial charge in [0, 0.05) is 77.6 Å². The van der Waals surface area contributed by atoms with E-state index in [0.29, 0.717) is 103 Å². The van der Waals surface area contributed by atoms with Crippen LogP contribution in [0.5, 0.6) is 0 Å². The van der Waals surface area contributed by atoms with E-state index in [9.17, 15) is 43.2 Å². The molecule has 9 amide bonds. The zero-order valence-electron chi connectivity index (χ0n) is 55.3. The van der Waals surface area contributed by atoms with Crippen molar-refractivity contribution in [2.45, 2.75) is 173 Å². The number of rotatable bonds is 42. The van der Waals surface area contributed by atoms with Crippen molar-refractivity contribution in [3.8, 4) is 0 Å². The number of amides is 9. The van der Waals surface area contributed by atoms with E-state index >= 15 is 0 Å². The molecular weight excluding hydrogens is 1180 g/mol. The topological polar surface area (TPSA) is 290 Å². The number of methoxy groups -OCH3 is 2. The zero-order valence-corrected chi connectivity index (χ0v) is 55.3. The van der Waals surface area contributed by atoms with Gasteiger partial charge in [0.1, 0.15) is 18.1 Å². The van der Waals surface area contributed by atoms with Crippen LogP contribution in [0, 0.1) is 23.7 Å². The Balaban J connectivity index is 1.02. The summed E-state index contributed by atoms with van der Waals surface area (Å²) in [5.41, 5.74) is 2.12. The highest BCUT2D eigenvalue weighted by Gasteiger charge is 2.52. The molecule has 3 aliphatic heterocycles. The molecule has 24 heteroatoms. The molecule has 3 heterocycles. The third-order valence-corrected chi connectivity index (χ3v) is 18.3. The summed E-state index contributed by atoms with van der Waals surface area (Å²) in [4.78, 5) is 129. The van der Waals surface area contributed by atoms with Crippen molar-refractivity contribution in [2.75, 3.05) is 99.1 Å². The van der Waals surface area contributed by atoms with E-state index in [1.54, 1.807) is 52.9 Å². The van der Waals surface area contributed by atoms with Crippen molar-refractivity contribution >= 4 is 58.9 Å². The van der Waals surface area contributed by atoms with Crippen molar-refractivity contribution in [3.63, 3.8) is 0 Å². The number of aliphatic hydroxyl groups excluding tert-OH is 1. The van der Waals surface area contributed by atoms with Crippen molar-refractivity contribution in [2.24, 2.45) is 23.7 Å². The number of likely N-dealkylation sites (tertiary alicyclic amines) is 2. The number of hydrogen-bond acceptors (Lipinski definition) is 16. The Morgan fingerprint density at radius 1 is 0.717 bits per heavy atom. The maximum atomic E-state index is 14.9. The van der Waals surface area contributed by atoms with Crippen molar-refractivity contribution in [3.05, 3.63) is 77.9 Å². The molecule has 1 unspecified atom stereocenters. The first-order valence-corrected chi connectivity index (χ1v) is 33.0. The van der Waals surface area contributed by atoms with E-state index in [4.69, 9.17) is 33.5 Å². The van der Waals surface area contributed by atoms with Crippen LogP contribution in [0.15, 0.2) is 66.7 Å². The molecule has 0 aromatic heterocycles. The maximum absolute atomic E-state index is 14.9. The fraction of sp³-hybridized carbons (Fsp3) is 0.662. The SMILES string of the molecule is CC[C@H](C)[C@@H]([C@@H](CC(=O)N1CCC[C@H]1[C@H](OC)[C@@H](C)C(=O)N[C@@H](Cc1ccccc1)C(=O)Nc1ccc(CNC(=O)CCCCCN2C(=O)C=CC2=O)cc1)OC)N(C)C(=O)[C@@H](NC(=O)[C@@H]1C2CC[C@@H](C2)N1C(=O)CCOCCOCCOCCOCCO)C(C)C. The lowest BCUT2D eigenvalue weighted by Crippen LogP contribution is -2.60. The fourth-order valence-electron chi connectivity index (χ4n) is 13.0. The monoisotopic (exact) mass is 1290 g/mol. The molecule has 2 aromatic rings. The molecule has 2 bridgehead atoms. The Morgan fingerprint density at radius 3 is 1.99 bits per heavy atom. The minimum absolute atomic E-state index is 0.0374. The molecule has 5 N–H and O–H groups in total. The lowest BCUT2D eigenvalue weighted by molar-refractivity contribution is -0.149. The Hall–Kier alpha value is -6.67. The number of aliphatic hydroxyl groups is 1. The molecular formula is C68H102N8O16. The predicted octanol–water partition coefficient (Wildman–Crippen LogP) is 4.34. The number of likely N-dealkylation sites (N-methyl/N-ethyl adjacent to an activating group) is 1. The molecule has 24 nitrogen and oxygen atoms in total. The maximum Gasteiger partial charge on any atom is 0.253 e. The van der Waals surface area contributed by atoms with Crippen molar-refractivity contribution in [1.82, 2.24) is 35.6 Å². The van der Waals surface area contributed by atoms with Gasteiger partial charge in [0.25, 0.3) is 11.8 Å². The summed E-state index contributed by atoms with van der Waals surface area (Å²) in [5, 5.41) is 20.7. The van der Waals surface area contributed by atoms with E-state index < -0.39 is 60.1 Å². The first-order chi connectivity index (χ1) is 44.3. The average Bonchev–Trinajstić information content (AvgIpc) is 1.65. The number of carbonyl (C=O) groups is 9. The van der Waals surface area contributed by atoms with E-state index in [1.165, 1.54) is 31.3 Å². The Labute approximate surface area is 542 Å². The van der Waals surface area contributed by atoms with Gasteiger partial charge in [-0.2, -0.15) is 0 Å². The molecule has 6 rings (SSSR count). The first-order valence-electron chi connectivity index (χ1n) is 33.0. The molecule has 1 aliphatic carbocycles. The van der Waals surface area contributed by atoms with Gasteiger partial charge in [-0.15, -0.1) is 0 Å². The number of nitrogens with one attached hydrogen (secondary N) is 4. The number of unbranched alkanes of at least 4 members (excludes halogenated alkanes) is 2. The molecule has 4 aliphatic rings. The zero-order chi connectivity index (χ0) is 66.7. The Morgan fingerprint density at radius 2 is 1.37 bits per heavy atom. The third kappa shape index (κ3) is 21.7. The van der Waals surface area contributed by atoms with Gasteiger partial charge in [0.05, 0.1) is 103 Å². The minimum Gasteiger partial charge on any atom is -0.394 e. The van der Waals surface area contributed by atoms with Crippen molar-refractivity contribution < 1.29 is 76.7 Å². The second kappa shape index (κ2) is 38.5. The quantitative estimate of drug-likeness (QED) is 0.0456. The number of nitrogens with zero attached hydrogens (tertiary/aromatic N) is 4. The van der Waals surface area contributed by atoms with Gasteiger partial charge >= 0.3 is 0 Å². The smallest absolute Gasteiger partial charge is 0.253 e. The average molecular weight is 1290 g/mol. The molecule has 510 valence electrons. The number of benzene rings is 2. The van der Waals surface area contributed by atoms with Crippen molar-refractivity contribution in [1.29, 1.82) is 0 Å². The third-order valence-electron chi connectivity index (χ3n) is 18.3. The van der Waals surface area contributed by atoms with Gasteiger partial charge in [-0.1, -0.05) is 89.9 Å². The highest BCUT2D eigenvalue weighted by Crippen LogP contribution is 2.43.